The van der Waals surface area contributed by atoms with Crippen molar-refractivity contribution in [2.75, 3.05) is 0 Å². The maximum atomic E-state index is 12.8. The molecule has 10 heteroatoms. The highest BCUT2D eigenvalue weighted by atomic mass is 35.5. The summed E-state index contributed by atoms with van der Waals surface area (Å²) in [5, 5.41) is 12.9. The summed E-state index contributed by atoms with van der Waals surface area (Å²) in [4.78, 5) is 10.2. The Hall–Kier alpha value is -3.98. The minimum atomic E-state index is -4.81. The second kappa shape index (κ2) is 11.4. The predicted molar refractivity (Wildman–Crippen MR) is 130 cm³/mol. The first-order valence-corrected chi connectivity index (χ1v) is 11.6. The highest BCUT2D eigenvalue weighted by Crippen LogP contribution is 2.45. The third-order valence-electron chi connectivity index (χ3n) is 5.33. The third-order valence-corrected chi connectivity index (χ3v) is 5.57. The molecule has 1 aliphatic carbocycles. The van der Waals surface area contributed by atoms with Crippen molar-refractivity contribution in [3.05, 3.63) is 101 Å². The van der Waals surface area contributed by atoms with Crippen molar-refractivity contribution in [2.45, 2.75) is 31.7 Å². The van der Waals surface area contributed by atoms with Crippen LogP contribution < -0.4 is 9.47 Å². The molecule has 1 fully saturated rings. The quantitative estimate of drug-likeness (QED) is 0.263. The van der Waals surface area contributed by atoms with Crippen LogP contribution in [0.4, 0.5) is 13.2 Å². The molecule has 0 saturated heterocycles. The zero-order chi connectivity index (χ0) is 26.4. The number of carboxylic acid groups (broad SMARTS) is 1. The largest absolute Gasteiger partial charge is 0.573 e. The Morgan fingerprint density at radius 2 is 1.73 bits per heavy atom. The summed E-state index contributed by atoms with van der Waals surface area (Å²) in [5.74, 6) is 0.167. The van der Waals surface area contributed by atoms with Gasteiger partial charge in [-0.15, -0.1) is 13.2 Å². The molecule has 0 radical (unpaired) electrons. The van der Waals surface area contributed by atoms with Crippen LogP contribution in [0.1, 0.15) is 40.4 Å². The average Bonchev–Trinajstić information content (AvgIpc) is 3.62. The van der Waals surface area contributed by atoms with Crippen molar-refractivity contribution in [1.29, 1.82) is 0 Å². The smallest absolute Gasteiger partial charge is 0.489 e. The number of hydrogen-bond donors (Lipinski definition) is 1. The fourth-order valence-corrected chi connectivity index (χ4v) is 3.69. The first-order chi connectivity index (χ1) is 17.7. The Kier molecular flexibility index (Phi) is 8.03. The van der Waals surface area contributed by atoms with Crippen molar-refractivity contribution in [3.63, 3.8) is 0 Å². The lowest BCUT2D eigenvalue weighted by Gasteiger charge is -2.13. The molecule has 192 valence electrons. The van der Waals surface area contributed by atoms with Gasteiger partial charge in [0.2, 0.25) is 0 Å². The number of ether oxygens (including phenoxy) is 2. The SMILES string of the molecule is FC(F)(F)Oc1ccccc1-c1noc(C2CC2)c1COc1cccc(Cl)c1.O=C(O)c1ccccc1. The Labute approximate surface area is 215 Å². The molecule has 0 amide bonds. The lowest BCUT2D eigenvalue weighted by atomic mass is 10.0. The summed E-state index contributed by atoms with van der Waals surface area (Å²) in [7, 11) is 0. The molecular formula is C27H21ClF3NO5. The van der Waals surface area contributed by atoms with E-state index in [4.69, 9.17) is 26.0 Å². The third kappa shape index (κ3) is 7.27. The topological polar surface area (TPSA) is 81.8 Å². The van der Waals surface area contributed by atoms with Gasteiger partial charge in [-0.3, -0.25) is 0 Å². The molecule has 5 rings (SSSR count). The van der Waals surface area contributed by atoms with E-state index in [-0.39, 0.29) is 29.5 Å². The number of rotatable bonds is 7. The van der Waals surface area contributed by atoms with Crippen molar-refractivity contribution < 1.29 is 37.1 Å². The van der Waals surface area contributed by atoms with E-state index in [0.717, 1.165) is 12.8 Å². The van der Waals surface area contributed by atoms with Crippen LogP contribution in [0.15, 0.2) is 83.4 Å². The molecule has 37 heavy (non-hydrogen) atoms. The summed E-state index contributed by atoms with van der Waals surface area (Å²) in [5.41, 5.74) is 1.42. The molecule has 6 nitrogen and oxygen atoms in total. The van der Waals surface area contributed by atoms with Gasteiger partial charge in [0, 0.05) is 16.5 Å². The van der Waals surface area contributed by atoms with Gasteiger partial charge in [0.05, 0.1) is 11.1 Å². The van der Waals surface area contributed by atoms with Crippen molar-refractivity contribution >= 4 is 17.6 Å². The van der Waals surface area contributed by atoms with E-state index in [2.05, 4.69) is 9.89 Å². The lowest BCUT2D eigenvalue weighted by Crippen LogP contribution is -2.17. The monoisotopic (exact) mass is 531 g/mol. The van der Waals surface area contributed by atoms with Crippen LogP contribution in [-0.4, -0.2) is 22.6 Å². The molecule has 0 bridgehead atoms. The minimum Gasteiger partial charge on any atom is -0.489 e. The molecule has 1 heterocycles. The molecule has 1 saturated carbocycles. The Morgan fingerprint density at radius 1 is 1.03 bits per heavy atom. The summed E-state index contributed by atoms with van der Waals surface area (Å²) >= 11 is 5.97. The number of aromatic carboxylic acids is 1. The first-order valence-electron chi connectivity index (χ1n) is 11.2. The fraction of sp³-hybridized carbons (Fsp3) is 0.185. The van der Waals surface area contributed by atoms with Gasteiger partial charge in [0.25, 0.3) is 0 Å². The summed E-state index contributed by atoms with van der Waals surface area (Å²) in [6.07, 6.45) is -2.92. The van der Waals surface area contributed by atoms with Gasteiger partial charge in [0.15, 0.2) is 0 Å². The van der Waals surface area contributed by atoms with Gasteiger partial charge in [-0.25, -0.2) is 4.79 Å². The van der Waals surface area contributed by atoms with Gasteiger partial charge in [-0.1, -0.05) is 53.2 Å². The van der Waals surface area contributed by atoms with Gasteiger partial charge < -0.3 is 19.1 Å². The zero-order valence-electron chi connectivity index (χ0n) is 19.2. The van der Waals surface area contributed by atoms with E-state index in [1.54, 1.807) is 60.7 Å². The second-order valence-electron chi connectivity index (χ2n) is 8.11. The number of benzene rings is 3. The number of hydrogen-bond acceptors (Lipinski definition) is 5. The molecule has 1 aromatic heterocycles. The summed E-state index contributed by atoms with van der Waals surface area (Å²) < 4.78 is 53.8. The Bertz CT molecular complexity index is 1350. The van der Waals surface area contributed by atoms with E-state index in [9.17, 15) is 18.0 Å². The highest BCUT2D eigenvalue weighted by molar-refractivity contribution is 6.30. The van der Waals surface area contributed by atoms with Crippen LogP contribution in [0.5, 0.6) is 11.5 Å². The molecule has 4 aromatic rings. The van der Waals surface area contributed by atoms with Crippen molar-refractivity contribution in [1.82, 2.24) is 5.16 Å². The number of alkyl halides is 3. The fourth-order valence-electron chi connectivity index (χ4n) is 3.51. The molecule has 0 aliphatic heterocycles. The lowest BCUT2D eigenvalue weighted by molar-refractivity contribution is -0.274. The number of nitrogens with zero attached hydrogens (tertiary/aromatic N) is 1. The Morgan fingerprint density at radius 3 is 2.35 bits per heavy atom. The van der Waals surface area contributed by atoms with Gasteiger partial charge in [-0.05, 0) is 55.3 Å². The van der Waals surface area contributed by atoms with Crippen molar-refractivity contribution in [3.8, 4) is 22.8 Å². The summed E-state index contributed by atoms with van der Waals surface area (Å²) in [6.45, 7) is 0.0887. The second-order valence-corrected chi connectivity index (χ2v) is 8.55. The highest BCUT2D eigenvalue weighted by Gasteiger charge is 2.35. The van der Waals surface area contributed by atoms with Crippen LogP contribution >= 0.6 is 11.6 Å². The van der Waals surface area contributed by atoms with Gasteiger partial charge in [0.1, 0.15) is 29.6 Å². The van der Waals surface area contributed by atoms with E-state index < -0.39 is 12.3 Å². The van der Waals surface area contributed by atoms with Crippen LogP contribution in [0.3, 0.4) is 0 Å². The van der Waals surface area contributed by atoms with Crippen molar-refractivity contribution in [2.24, 2.45) is 0 Å². The molecule has 3 aromatic carbocycles. The van der Waals surface area contributed by atoms with Crippen LogP contribution in [0.25, 0.3) is 11.3 Å². The normalized spacial score (nSPS) is 12.9. The van der Waals surface area contributed by atoms with E-state index in [1.165, 1.54) is 18.2 Å². The Balaban J connectivity index is 0.000000301. The van der Waals surface area contributed by atoms with Gasteiger partial charge in [-0.2, -0.15) is 0 Å². The molecular weight excluding hydrogens is 511 g/mol. The molecule has 0 unspecified atom stereocenters. The first kappa shape index (κ1) is 26.1. The maximum absolute atomic E-state index is 12.8. The van der Waals surface area contributed by atoms with Gasteiger partial charge >= 0.3 is 12.3 Å². The summed E-state index contributed by atoms with van der Waals surface area (Å²) in [6, 6.07) is 21.0. The molecule has 1 N–H and O–H groups in total. The standard InChI is InChI=1S/C20H15ClF3NO3.C7H6O2/c21-13-4-3-5-14(10-13)26-11-16-18(25-28-19(16)12-8-9-12)15-6-1-2-7-17(15)27-20(22,23)24;8-7(9)6-4-2-1-3-5-6/h1-7,10,12H,8-9,11H2;1-5H,(H,8,9). The van der Waals surface area contributed by atoms with Crippen LogP contribution in [-0.2, 0) is 6.61 Å². The molecule has 1 aliphatic rings. The van der Waals surface area contributed by atoms with Crippen LogP contribution in [0, 0.1) is 0 Å². The minimum absolute atomic E-state index is 0.0887. The zero-order valence-corrected chi connectivity index (χ0v) is 20.0. The maximum Gasteiger partial charge on any atom is 0.573 e. The number of para-hydroxylation sites is 1. The molecule has 0 spiro atoms. The molecule has 0 atom stereocenters. The van der Waals surface area contributed by atoms with E-state index >= 15 is 0 Å². The van der Waals surface area contributed by atoms with Crippen LogP contribution in [0.2, 0.25) is 5.02 Å². The number of carbonyl (C=O) groups is 1. The van der Waals surface area contributed by atoms with E-state index in [0.29, 0.717) is 27.7 Å². The number of carboxylic acids is 1. The number of aromatic nitrogens is 1. The average molecular weight is 532 g/mol. The van der Waals surface area contributed by atoms with E-state index in [1.807, 2.05) is 0 Å². The number of halogens is 4. The predicted octanol–water partition coefficient (Wildman–Crippen LogP) is 7.73.